The summed E-state index contributed by atoms with van der Waals surface area (Å²) in [5.74, 6) is -1.72. The first-order chi connectivity index (χ1) is 7.42. The highest BCUT2D eigenvalue weighted by Gasteiger charge is 2.42. The molecule has 5 heteroatoms. The Morgan fingerprint density at radius 3 is 2.88 bits per heavy atom. The second-order valence-corrected chi connectivity index (χ2v) is 4.82. The van der Waals surface area contributed by atoms with Gasteiger partial charge in [0.05, 0.1) is 5.56 Å². The lowest BCUT2D eigenvalue weighted by Gasteiger charge is -2.30. The summed E-state index contributed by atoms with van der Waals surface area (Å²) in [4.78, 5) is 22.7. The number of hydrogen-bond acceptors (Lipinski definition) is 3. The third-order valence-corrected chi connectivity index (χ3v) is 3.08. The van der Waals surface area contributed by atoms with Gasteiger partial charge in [-0.05, 0) is 24.6 Å². The molecule has 1 aliphatic heterocycles. The minimum absolute atomic E-state index is 0.191. The number of rotatable bonds is 1. The number of hydrogen-bond donors (Lipinski definition) is 1. The van der Waals surface area contributed by atoms with Crippen molar-refractivity contribution in [2.75, 3.05) is 0 Å². The van der Waals surface area contributed by atoms with Gasteiger partial charge in [-0.1, -0.05) is 22.0 Å². The smallest absolute Gasteiger partial charge is 0.348 e. The predicted octanol–water partition coefficient (Wildman–Crippen LogP) is 2.01. The van der Waals surface area contributed by atoms with E-state index in [1.165, 1.54) is 6.92 Å². The van der Waals surface area contributed by atoms with Crippen molar-refractivity contribution < 1.29 is 19.4 Å². The molecule has 1 N–H and O–H groups in total. The Kier molecular flexibility index (Phi) is 2.50. The Bertz CT molecular complexity index is 483. The zero-order valence-electron chi connectivity index (χ0n) is 8.49. The van der Waals surface area contributed by atoms with Crippen molar-refractivity contribution in [3.63, 3.8) is 0 Å². The van der Waals surface area contributed by atoms with Crippen LogP contribution in [0.25, 0.3) is 0 Å². The van der Waals surface area contributed by atoms with E-state index in [1.54, 1.807) is 18.2 Å². The van der Waals surface area contributed by atoms with Crippen LogP contribution in [0.3, 0.4) is 0 Å². The van der Waals surface area contributed by atoms with Crippen LogP contribution < -0.4 is 0 Å². The van der Waals surface area contributed by atoms with Crippen molar-refractivity contribution in [2.24, 2.45) is 0 Å². The van der Waals surface area contributed by atoms with Crippen LogP contribution in [0.5, 0.6) is 0 Å². The standard InChI is InChI=1S/C11H9BrO4/c1-11(10(14)15)5-6-2-3-7(12)4-8(6)9(13)16-11/h2-4H,5H2,1H3,(H,14,15)/t11-/m0/s1. The monoisotopic (exact) mass is 284 g/mol. The fraction of sp³-hybridized carbons (Fsp3) is 0.273. The summed E-state index contributed by atoms with van der Waals surface area (Å²) in [5.41, 5.74) is -0.338. The maximum atomic E-state index is 11.7. The molecular weight excluding hydrogens is 276 g/mol. The molecule has 0 aliphatic carbocycles. The predicted molar refractivity (Wildman–Crippen MR) is 59.3 cm³/mol. The number of carboxylic acids is 1. The van der Waals surface area contributed by atoms with Crippen LogP contribution >= 0.6 is 15.9 Å². The number of ether oxygens (including phenoxy) is 1. The number of cyclic esters (lactones) is 1. The lowest BCUT2D eigenvalue weighted by atomic mass is 9.90. The van der Waals surface area contributed by atoms with Crippen molar-refractivity contribution >= 4 is 27.9 Å². The van der Waals surface area contributed by atoms with Gasteiger partial charge in [-0.2, -0.15) is 0 Å². The fourth-order valence-electron chi connectivity index (χ4n) is 1.67. The molecule has 84 valence electrons. The van der Waals surface area contributed by atoms with Gasteiger partial charge < -0.3 is 9.84 Å². The summed E-state index contributed by atoms with van der Waals surface area (Å²) < 4.78 is 5.72. The summed E-state index contributed by atoms with van der Waals surface area (Å²) >= 11 is 3.25. The number of carbonyl (C=O) groups excluding carboxylic acids is 1. The summed E-state index contributed by atoms with van der Waals surface area (Å²) in [6.45, 7) is 1.40. The first kappa shape index (κ1) is 11.1. The molecule has 0 radical (unpaired) electrons. The van der Waals surface area contributed by atoms with Gasteiger partial charge in [-0.3, -0.25) is 0 Å². The molecule has 0 bridgehead atoms. The van der Waals surface area contributed by atoms with E-state index < -0.39 is 17.5 Å². The van der Waals surface area contributed by atoms with Crippen LogP contribution in [-0.4, -0.2) is 22.6 Å². The molecule has 1 aliphatic rings. The highest BCUT2D eigenvalue weighted by molar-refractivity contribution is 9.10. The van der Waals surface area contributed by atoms with Gasteiger partial charge in [0.25, 0.3) is 0 Å². The van der Waals surface area contributed by atoms with E-state index in [2.05, 4.69) is 15.9 Å². The molecule has 0 aromatic heterocycles. The molecule has 1 aromatic rings. The van der Waals surface area contributed by atoms with E-state index >= 15 is 0 Å². The average Bonchev–Trinajstić information content (AvgIpc) is 2.19. The number of esters is 1. The van der Waals surface area contributed by atoms with Crippen molar-refractivity contribution in [3.05, 3.63) is 33.8 Å². The highest BCUT2D eigenvalue weighted by Crippen LogP contribution is 2.30. The maximum absolute atomic E-state index is 11.7. The molecule has 1 heterocycles. The Balaban J connectivity index is 2.49. The van der Waals surface area contributed by atoms with Crippen LogP contribution in [-0.2, 0) is 16.0 Å². The van der Waals surface area contributed by atoms with Crippen molar-refractivity contribution in [1.82, 2.24) is 0 Å². The minimum Gasteiger partial charge on any atom is -0.478 e. The molecular formula is C11H9BrO4. The first-order valence-electron chi connectivity index (χ1n) is 4.67. The Labute approximate surface area is 100 Å². The molecule has 0 saturated heterocycles. The fourth-order valence-corrected chi connectivity index (χ4v) is 2.03. The zero-order chi connectivity index (χ0) is 11.9. The third-order valence-electron chi connectivity index (χ3n) is 2.59. The SMILES string of the molecule is C[C@@]1(C(=O)O)Cc2ccc(Br)cc2C(=O)O1. The number of fused-ring (bicyclic) bond motifs is 1. The van der Waals surface area contributed by atoms with Gasteiger partial charge in [0, 0.05) is 10.9 Å². The molecule has 4 nitrogen and oxygen atoms in total. The second-order valence-electron chi connectivity index (χ2n) is 3.90. The molecule has 16 heavy (non-hydrogen) atoms. The summed E-state index contributed by atoms with van der Waals surface area (Å²) in [6, 6.07) is 5.15. The molecule has 0 amide bonds. The van der Waals surface area contributed by atoms with Crippen LogP contribution in [0.15, 0.2) is 22.7 Å². The van der Waals surface area contributed by atoms with Crippen molar-refractivity contribution in [1.29, 1.82) is 0 Å². The lowest BCUT2D eigenvalue weighted by Crippen LogP contribution is -2.45. The average molecular weight is 285 g/mol. The molecule has 0 unspecified atom stereocenters. The second kappa shape index (κ2) is 3.59. The largest absolute Gasteiger partial charge is 0.478 e. The summed E-state index contributed by atoms with van der Waals surface area (Å²) in [6.07, 6.45) is 0.191. The normalized spacial score (nSPS) is 23.5. The Morgan fingerprint density at radius 1 is 1.56 bits per heavy atom. The van der Waals surface area contributed by atoms with E-state index in [-0.39, 0.29) is 6.42 Å². The molecule has 0 saturated carbocycles. The quantitative estimate of drug-likeness (QED) is 0.802. The van der Waals surface area contributed by atoms with E-state index in [0.717, 1.165) is 4.47 Å². The van der Waals surface area contributed by atoms with Gasteiger partial charge in [0.1, 0.15) is 0 Å². The summed E-state index contributed by atoms with van der Waals surface area (Å²) in [7, 11) is 0. The third kappa shape index (κ3) is 1.71. The van der Waals surface area contributed by atoms with Gasteiger partial charge >= 0.3 is 11.9 Å². The van der Waals surface area contributed by atoms with Crippen molar-refractivity contribution in [3.8, 4) is 0 Å². The topological polar surface area (TPSA) is 63.6 Å². The van der Waals surface area contributed by atoms with Gasteiger partial charge in [0.15, 0.2) is 0 Å². The van der Waals surface area contributed by atoms with E-state index in [0.29, 0.717) is 11.1 Å². The first-order valence-corrected chi connectivity index (χ1v) is 5.47. The van der Waals surface area contributed by atoms with E-state index in [4.69, 9.17) is 9.84 Å². The maximum Gasteiger partial charge on any atom is 0.348 e. The van der Waals surface area contributed by atoms with E-state index in [9.17, 15) is 9.59 Å². The molecule has 1 aromatic carbocycles. The summed E-state index contributed by atoms with van der Waals surface area (Å²) in [5, 5.41) is 9.01. The Hall–Kier alpha value is -1.36. The molecule has 2 rings (SSSR count). The number of carboxylic acid groups (broad SMARTS) is 1. The highest BCUT2D eigenvalue weighted by atomic mass is 79.9. The van der Waals surface area contributed by atoms with Crippen LogP contribution in [0.4, 0.5) is 0 Å². The Morgan fingerprint density at radius 2 is 2.25 bits per heavy atom. The van der Waals surface area contributed by atoms with E-state index in [1.807, 2.05) is 0 Å². The van der Waals surface area contributed by atoms with Crippen LogP contribution in [0, 0.1) is 0 Å². The zero-order valence-corrected chi connectivity index (χ0v) is 10.1. The van der Waals surface area contributed by atoms with Gasteiger partial charge in [-0.15, -0.1) is 0 Å². The number of carbonyl (C=O) groups is 2. The van der Waals surface area contributed by atoms with Gasteiger partial charge in [-0.25, -0.2) is 9.59 Å². The lowest BCUT2D eigenvalue weighted by molar-refractivity contribution is -0.158. The molecule has 0 spiro atoms. The van der Waals surface area contributed by atoms with Crippen LogP contribution in [0.1, 0.15) is 22.8 Å². The number of benzene rings is 1. The molecule has 0 fully saturated rings. The van der Waals surface area contributed by atoms with Crippen LogP contribution in [0.2, 0.25) is 0 Å². The van der Waals surface area contributed by atoms with Gasteiger partial charge in [0.2, 0.25) is 5.60 Å². The molecule has 1 atom stereocenters. The minimum atomic E-state index is -1.46. The number of halogens is 1. The number of aliphatic carboxylic acids is 1. The van der Waals surface area contributed by atoms with Crippen molar-refractivity contribution in [2.45, 2.75) is 18.9 Å².